The minimum Gasteiger partial charge on any atom is -0.480 e. The van der Waals surface area contributed by atoms with E-state index in [0.29, 0.717) is 17.9 Å². The molecule has 0 fully saturated rings. The average molecular weight is 394 g/mol. The fourth-order valence-corrected chi connectivity index (χ4v) is 3.05. The molecule has 8 heteroatoms. The number of nitrogens with zero attached hydrogens (tertiary/aromatic N) is 1. The number of carbonyl (C=O) groups is 1. The van der Waals surface area contributed by atoms with E-state index >= 15 is 0 Å². The number of anilines is 1. The fraction of sp³-hybridized carbons (Fsp3) is 0.263. The normalized spacial score (nSPS) is 12.1. The molecule has 0 bridgehead atoms. The third-order valence-electron chi connectivity index (χ3n) is 3.48. The summed E-state index contributed by atoms with van der Waals surface area (Å²) in [6.07, 6.45) is -5.34. The Morgan fingerprint density at radius 1 is 1.22 bits per heavy atom. The highest BCUT2D eigenvalue weighted by atomic mass is 32.2. The third-order valence-corrected chi connectivity index (χ3v) is 4.56. The Kier molecular flexibility index (Phi) is 7.13. The van der Waals surface area contributed by atoms with Crippen molar-refractivity contribution >= 4 is 23.4 Å². The summed E-state index contributed by atoms with van der Waals surface area (Å²) in [4.78, 5) is 13.1. The van der Waals surface area contributed by atoms with Crippen molar-refractivity contribution in [3.63, 3.8) is 0 Å². The van der Waals surface area contributed by atoms with Crippen LogP contribution in [0.3, 0.4) is 0 Å². The highest BCUT2D eigenvalue weighted by molar-refractivity contribution is 7.99. The molecule has 142 valence electrons. The van der Waals surface area contributed by atoms with Gasteiger partial charge in [-0.3, -0.25) is 4.79 Å². The van der Waals surface area contributed by atoms with Gasteiger partial charge in [-0.15, -0.1) is 11.8 Å². The van der Waals surface area contributed by atoms with Crippen LogP contribution in [0.5, 0.6) is 5.75 Å². The van der Waals surface area contributed by atoms with Crippen LogP contribution in [0, 0.1) is 11.3 Å². The van der Waals surface area contributed by atoms with Crippen molar-refractivity contribution in [3.8, 4) is 11.8 Å². The first-order valence-electron chi connectivity index (χ1n) is 8.05. The molecular weight excluding hydrogens is 377 g/mol. The minimum atomic E-state index is -4.57. The van der Waals surface area contributed by atoms with E-state index in [9.17, 15) is 18.0 Å². The van der Waals surface area contributed by atoms with Gasteiger partial charge in [0.25, 0.3) is 5.91 Å². The van der Waals surface area contributed by atoms with Crippen LogP contribution in [0.25, 0.3) is 0 Å². The Hall–Kier alpha value is -2.66. The molecule has 1 atom stereocenters. The summed E-state index contributed by atoms with van der Waals surface area (Å²) < 4.78 is 44.4. The molecule has 0 aromatic heterocycles. The molecular formula is C19H17F3N2O2S. The molecule has 1 amide bonds. The zero-order valence-electron chi connectivity index (χ0n) is 14.4. The second-order valence-corrected chi connectivity index (χ2v) is 6.63. The zero-order valence-corrected chi connectivity index (χ0v) is 15.2. The number of nitrogens with one attached hydrogen (secondary N) is 1. The van der Waals surface area contributed by atoms with Gasteiger partial charge >= 0.3 is 6.18 Å². The molecule has 0 heterocycles. The van der Waals surface area contributed by atoms with Crippen LogP contribution in [0.2, 0.25) is 0 Å². The molecule has 0 spiro atoms. The van der Waals surface area contributed by atoms with Gasteiger partial charge in [-0.2, -0.15) is 18.4 Å². The van der Waals surface area contributed by atoms with E-state index in [-0.39, 0.29) is 0 Å². The van der Waals surface area contributed by atoms with Gasteiger partial charge in [-0.1, -0.05) is 24.3 Å². The Bertz CT molecular complexity index is 834. The lowest BCUT2D eigenvalue weighted by Gasteiger charge is -2.19. The van der Waals surface area contributed by atoms with Crippen molar-refractivity contribution in [1.29, 1.82) is 5.26 Å². The van der Waals surface area contributed by atoms with Crippen molar-refractivity contribution in [2.75, 3.05) is 11.1 Å². The standard InChI is InChI=1S/C19H17F3N2O2S/c1-13(26-16-9-4-2-7-14(16)19(20,21)22)18(25)24-15-8-3-5-10-17(15)27-12-6-11-23/h2-5,7-10,13H,6,12H2,1H3,(H,24,25). The zero-order chi connectivity index (χ0) is 19.9. The van der Waals surface area contributed by atoms with Crippen molar-refractivity contribution in [2.24, 2.45) is 0 Å². The van der Waals surface area contributed by atoms with E-state index in [1.54, 1.807) is 24.3 Å². The number of amides is 1. The van der Waals surface area contributed by atoms with Gasteiger partial charge in [0.2, 0.25) is 0 Å². The monoisotopic (exact) mass is 394 g/mol. The second kappa shape index (κ2) is 9.33. The van der Waals surface area contributed by atoms with Gasteiger partial charge in [0.05, 0.1) is 17.3 Å². The second-order valence-electron chi connectivity index (χ2n) is 5.50. The van der Waals surface area contributed by atoms with Crippen LogP contribution in [-0.2, 0) is 11.0 Å². The van der Waals surface area contributed by atoms with Gasteiger partial charge in [0.15, 0.2) is 6.10 Å². The highest BCUT2D eigenvalue weighted by Gasteiger charge is 2.34. The number of alkyl halides is 3. The summed E-state index contributed by atoms with van der Waals surface area (Å²) >= 11 is 1.41. The van der Waals surface area contributed by atoms with Crippen LogP contribution in [-0.4, -0.2) is 17.8 Å². The summed E-state index contributed by atoms with van der Waals surface area (Å²) in [6.45, 7) is 1.38. The lowest BCUT2D eigenvalue weighted by atomic mass is 10.2. The maximum Gasteiger partial charge on any atom is 0.419 e. The Morgan fingerprint density at radius 3 is 2.59 bits per heavy atom. The number of halogens is 3. The maximum absolute atomic E-state index is 13.0. The van der Waals surface area contributed by atoms with Crippen LogP contribution < -0.4 is 10.1 Å². The molecule has 0 saturated carbocycles. The number of ether oxygens (including phenoxy) is 1. The summed E-state index contributed by atoms with van der Waals surface area (Å²) in [7, 11) is 0. The molecule has 27 heavy (non-hydrogen) atoms. The predicted octanol–water partition coefficient (Wildman–Crippen LogP) is 5.12. The van der Waals surface area contributed by atoms with E-state index in [4.69, 9.17) is 10.00 Å². The topological polar surface area (TPSA) is 62.1 Å². The van der Waals surface area contributed by atoms with E-state index in [2.05, 4.69) is 5.32 Å². The molecule has 0 aliphatic heterocycles. The molecule has 0 radical (unpaired) electrons. The fourth-order valence-electron chi connectivity index (χ4n) is 2.18. The third kappa shape index (κ3) is 5.93. The number of rotatable bonds is 7. The first kappa shape index (κ1) is 20.6. The van der Waals surface area contributed by atoms with Crippen molar-refractivity contribution < 1.29 is 22.7 Å². The number of thioether (sulfide) groups is 1. The Balaban J connectivity index is 2.09. The van der Waals surface area contributed by atoms with Gasteiger partial charge in [-0.05, 0) is 31.2 Å². The molecule has 0 aliphatic carbocycles. The number of para-hydroxylation sites is 2. The summed E-state index contributed by atoms with van der Waals surface area (Å²) in [6, 6.07) is 13.8. The molecule has 2 aromatic carbocycles. The molecule has 1 unspecified atom stereocenters. The minimum absolute atomic E-state index is 0.362. The van der Waals surface area contributed by atoms with Gasteiger partial charge in [0, 0.05) is 17.1 Å². The summed E-state index contributed by atoms with van der Waals surface area (Å²) in [5, 5.41) is 11.3. The van der Waals surface area contributed by atoms with Crippen molar-refractivity contribution in [1.82, 2.24) is 0 Å². The molecule has 4 nitrogen and oxygen atoms in total. The lowest BCUT2D eigenvalue weighted by Crippen LogP contribution is -2.31. The SMILES string of the molecule is CC(Oc1ccccc1C(F)(F)F)C(=O)Nc1ccccc1SCCC#N. The quantitative estimate of drug-likeness (QED) is 0.523. The number of carbonyl (C=O) groups excluding carboxylic acids is 1. The molecule has 1 N–H and O–H groups in total. The molecule has 2 aromatic rings. The lowest BCUT2D eigenvalue weighted by molar-refractivity contribution is -0.140. The highest BCUT2D eigenvalue weighted by Crippen LogP contribution is 2.36. The van der Waals surface area contributed by atoms with Crippen LogP contribution >= 0.6 is 11.8 Å². The average Bonchev–Trinajstić information content (AvgIpc) is 2.63. The molecule has 0 saturated heterocycles. The first-order valence-corrected chi connectivity index (χ1v) is 9.04. The van der Waals surface area contributed by atoms with E-state index in [1.165, 1.54) is 36.9 Å². The van der Waals surface area contributed by atoms with Gasteiger partial charge < -0.3 is 10.1 Å². The van der Waals surface area contributed by atoms with Crippen LogP contribution in [0.15, 0.2) is 53.4 Å². The number of nitriles is 1. The van der Waals surface area contributed by atoms with Crippen molar-refractivity contribution in [2.45, 2.75) is 30.5 Å². The number of hydrogen-bond donors (Lipinski definition) is 1. The molecule has 0 aliphatic rings. The smallest absolute Gasteiger partial charge is 0.419 e. The summed E-state index contributed by atoms with van der Waals surface area (Å²) in [5.41, 5.74) is -0.415. The van der Waals surface area contributed by atoms with Gasteiger partial charge in [-0.25, -0.2) is 0 Å². The maximum atomic E-state index is 13.0. The molecule has 2 rings (SSSR count). The summed E-state index contributed by atoms with van der Waals surface area (Å²) in [5.74, 6) is -0.404. The van der Waals surface area contributed by atoms with E-state index in [1.807, 2.05) is 6.07 Å². The van der Waals surface area contributed by atoms with Gasteiger partial charge in [0.1, 0.15) is 5.75 Å². The van der Waals surface area contributed by atoms with E-state index in [0.717, 1.165) is 11.0 Å². The van der Waals surface area contributed by atoms with E-state index < -0.39 is 29.5 Å². The Labute approximate surface area is 159 Å². The van der Waals surface area contributed by atoms with Crippen LogP contribution in [0.1, 0.15) is 18.9 Å². The number of benzene rings is 2. The number of hydrogen-bond acceptors (Lipinski definition) is 4. The van der Waals surface area contributed by atoms with Crippen LogP contribution in [0.4, 0.5) is 18.9 Å². The largest absolute Gasteiger partial charge is 0.480 e. The first-order chi connectivity index (χ1) is 12.8. The Morgan fingerprint density at radius 2 is 1.89 bits per heavy atom. The predicted molar refractivity (Wildman–Crippen MR) is 97.6 cm³/mol. The van der Waals surface area contributed by atoms with Crippen molar-refractivity contribution in [3.05, 3.63) is 54.1 Å².